The maximum absolute atomic E-state index is 12.7. The smallest absolute Gasteiger partial charge is 0.235 e. The topological polar surface area (TPSA) is 38.3 Å². The van der Waals surface area contributed by atoms with E-state index in [1.165, 1.54) is 0 Å². The number of rotatable bonds is 4. The molecule has 0 bridgehead atoms. The van der Waals surface area contributed by atoms with Crippen molar-refractivity contribution in [1.82, 2.24) is 0 Å². The third kappa shape index (κ3) is 2.79. The Balaban J connectivity index is 1.88. The molecule has 1 amide bonds. The van der Waals surface area contributed by atoms with Crippen molar-refractivity contribution in [1.29, 1.82) is 0 Å². The van der Waals surface area contributed by atoms with Crippen molar-refractivity contribution in [2.75, 3.05) is 12.4 Å². The molecule has 0 saturated heterocycles. The molecule has 0 aliphatic heterocycles. The Bertz CT molecular complexity index is 706. The standard InChI is InChI=1S/C17H15Cl2NO2/c1-22-15-5-3-2-4-14(15)17(6-7-17)16(21)20-13-9-11(18)8-12(19)10-13/h2-5,8-10H,6-7H2,1H3,(H,20,21). The van der Waals surface area contributed by atoms with Gasteiger partial charge in [-0.1, -0.05) is 41.4 Å². The molecule has 2 aromatic carbocycles. The van der Waals surface area contributed by atoms with Crippen LogP contribution >= 0.6 is 23.2 Å². The van der Waals surface area contributed by atoms with E-state index >= 15 is 0 Å². The number of anilines is 1. The lowest BCUT2D eigenvalue weighted by atomic mass is 9.94. The molecular weight excluding hydrogens is 321 g/mol. The number of para-hydroxylation sites is 1. The SMILES string of the molecule is COc1ccccc1C1(C(=O)Nc2cc(Cl)cc(Cl)c2)CC1. The molecule has 1 saturated carbocycles. The van der Waals surface area contributed by atoms with Gasteiger partial charge in [-0.05, 0) is 37.1 Å². The van der Waals surface area contributed by atoms with Crippen LogP contribution in [0, 0.1) is 0 Å². The molecule has 1 fully saturated rings. The summed E-state index contributed by atoms with van der Waals surface area (Å²) in [5.41, 5.74) is 0.994. The van der Waals surface area contributed by atoms with Gasteiger partial charge in [0.2, 0.25) is 5.91 Å². The number of ether oxygens (including phenoxy) is 1. The zero-order valence-corrected chi connectivity index (χ0v) is 13.5. The number of hydrogen-bond donors (Lipinski definition) is 1. The minimum absolute atomic E-state index is 0.0599. The number of hydrogen-bond acceptors (Lipinski definition) is 2. The van der Waals surface area contributed by atoms with Gasteiger partial charge in [0.25, 0.3) is 0 Å². The van der Waals surface area contributed by atoms with Crippen molar-refractivity contribution in [3.63, 3.8) is 0 Å². The molecule has 0 aromatic heterocycles. The molecule has 0 radical (unpaired) electrons. The number of benzene rings is 2. The lowest BCUT2D eigenvalue weighted by molar-refractivity contribution is -0.118. The molecular formula is C17H15Cl2NO2. The molecule has 0 unspecified atom stereocenters. The summed E-state index contributed by atoms with van der Waals surface area (Å²) in [5.74, 6) is 0.676. The summed E-state index contributed by atoms with van der Waals surface area (Å²) in [4.78, 5) is 12.7. The highest BCUT2D eigenvalue weighted by atomic mass is 35.5. The quantitative estimate of drug-likeness (QED) is 0.881. The lowest BCUT2D eigenvalue weighted by Crippen LogP contribution is -2.28. The Kier molecular flexibility index (Phi) is 4.02. The molecule has 5 heteroatoms. The Morgan fingerprint density at radius 2 is 1.77 bits per heavy atom. The van der Waals surface area contributed by atoms with Gasteiger partial charge in [0.05, 0.1) is 12.5 Å². The summed E-state index contributed by atoms with van der Waals surface area (Å²) in [6, 6.07) is 12.6. The van der Waals surface area contributed by atoms with Gasteiger partial charge in [0, 0.05) is 21.3 Å². The van der Waals surface area contributed by atoms with Crippen LogP contribution in [0.25, 0.3) is 0 Å². The minimum Gasteiger partial charge on any atom is -0.496 e. The highest BCUT2D eigenvalue weighted by molar-refractivity contribution is 6.35. The Morgan fingerprint density at radius 1 is 1.14 bits per heavy atom. The highest BCUT2D eigenvalue weighted by Crippen LogP contribution is 2.52. The molecule has 0 spiro atoms. The van der Waals surface area contributed by atoms with Crippen molar-refractivity contribution >= 4 is 34.8 Å². The van der Waals surface area contributed by atoms with E-state index in [4.69, 9.17) is 27.9 Å². The normalized spacial score (nSPS) is 15.2. The molecule has 3 rings (SSSR count). The predicted molar refractivity (Wildman–Crippen MR) is 89.0 cm³/mol. The molecule has 1 N–H and O–H groups in total. The van der Waals surface area contributed by atoms with Gasteiger partial charge in [0.1, 0.15) is 5.75 Å². The first kappa shape index (κ1) is 15.2. The van der Waals surface area contributed by atoms with Gasteiger partial charge in [-0.25, -0.2) is 0 Å². The number of nitrogens with one attached hydrogen (secondary N) is 1. The van der Waals surface area contributed by atoms with Crippen LogP contribution in [0.2, 0.25) is 10.0 Å². The fourth-order valence-electron chi connectivity index (χ4n) is 2.66. The fourth-order valence-corrected chi connectivity index (χ4v) is 3.19. The van der Waals surface area contributed by atoms with Crippen LogP contribution in [-0.4, -0.2) is 13.0 Å². The van der Waals surface area contributed by atoms with E-state index < -0.39 is 5.41 Å². The number of carbonyl (C=O) groups excluding carboxylic acids is 1. The fraction of sp³-hybridized carbons (Fsp3) is 0.235. The molecule has 1 aliphatic rings. The molecule has 0 atom stereocenters. The number of methoxy groups -OCH3 is 1. The molecule has 0 heterocycles. The molecule has 1 aliphatic carbocycles. The van der Waals surface area contributed by atoms with Crippen molar-refractivity contribution in [3.05, 3.63) is 58.1 Å². The van der Waals surface area contributed by atoms with Crippen LogP contribution in [0.4, 0.5) is 5.69 Å². The summed E-state index contributed by atoms with van der Waals surface area (Å²) >= 11 is 11.9. The first-order chi connectivity index (χ1) is 10.5. The van der Waals surface area contributed by atoms with Gasteiger partial charge in [-0.3, -0.25) is 4.79 Å². The largest absolute Gasteiger partial charge is 0.496 e. The van der Waals surface area contributed by atoms with E-state index in [0.29, 0.717) is 15.7 Å². The van der Waals surface area contributed by atoms with Crippen molar-refractivity contribution in [3.8, 4) is 5.75 Å². The van der Waals surface area contributed by atoms with Gasteiger partial charge in [0.15, 0.2) is 0 Å². The number of halogens is 2. The average Bonchev–Trinajstić information content (AvgIpc) is 3.27. The zero-order valence-electron chi connectivity index (χ0n) is 12.0. The summed E-state index contributed by atoms with van der Waals surface area (Å²) in [5, 5.41) is 3.89. The van der Waals surface area contributed by atoms with Crippen LogP contribution in [0.3, 0.4) is 0 Å². The molecule has 3 nitrogen and oxygen atoms in total. The van der Waals surface area contributed by atoms with E-state index in [1.807, 2.05) is 24.3 Å². The Hall–Kier alpha value is -1.71. The predicted octanol–water partition coefficient (Wildman–Crippen LogP) is 4.67. The van der Waals surface area contributed by atoms with Crippen LogP contribution < -0.4 is 10.1 Å². The second kappa shape index (κ2) is 5.82. The number of amides is 1. The maximum Gasteiger partial charge on any atom is 0.235 e. The van der Waals surface area contributed by atoms with Crippen LogP contribution in [0.1, 0.15) is 18.4 Å². The lowest BCUT2D eigenvalue weighted by Gasteiger charge is -2.18. The summed E-state index contributed by atoms with van der Waals surface area (Å²) in [6.45, 7) is 0. The van der Waals surface area contributed by atoms with E-state index in [2.05, 4.69) is 5.32 Å². The van der Waals surface area contributed by atoms with Gasteiger partial charge >= 0.3 is 0 Å². The average molecular weight is 336 g/mol. The second-order valence-electron chi connectivity index (χ2n) is 5.39. The van der Waals surface area contributed by atoms with Crippen LogP contribution in [0.5, 0.6) is 5.75 Å². The van der Waals surface area contributed by atoms with Crippen molar-refractivity contribution < 1.29 is 9.53 Å². The van der Waals surface area contributed by atoms with E-state index in [1.54, 1.807) is 25.3 Å². The summed E-state index contributed by atoms with van der Waals surface area (Å²) in [6.07, 6.45) is 1.60. The number of carbonyl (C=O) groups is 1. The van der Waals surface area contributed by atoms with E-state index in [0.717, 1.165) is 24.2 Å². The third-order valence-corrected chi connectivity index (χ3v) is 4.36. The van der Waals surface area contributed by atoms with Crippen molar-refractivity contribution in [2.24, 2.45) is 0 Å². The molecule has 114 valence electrons. The maximum atomic E-state index is 12.7. The van der Waals surface area contributed by atoms with Crippen molar-refractivity contribution in [2.45, 2.75) is 18.3 Å². The van der Waals surface area contributed by atoms with E-state index in [-0.39, 0.29) is 5.91 Å². The Morgan fingerprint density at radius 3 is 2.36 bits per heavy atom. The Labute approximate surface area is 139 Å². The highest BCUT2D eigenvalue weighted by Gasteiger charge is 2.52. The second-order valence-corrected chi connectivity index (χ2v) is 6.27. The zero-order chi connectivity index (χ0) is 15.7. The van der Waals surface area contributed by atoms with Crippen LogP contribution in [0.15, 0.2) is 42.5 Å². The summed E-state index contributed by atoms with van der Waals surface area (Å²) in [7, 11) is 1.61. The first-order valence-corrected chi connectivity index (χ1v) is 7.72. The molecule has 22 heavy (non-hydrogen) atoms. The first-order valence-electron chi connectivity index (χ1n) is 6.96. The van der Waals surface area contributed by atoms with Crippen LogP contribution in [-0.2, 0) is 10.2 Å². The summed E-state index contributed by atoms with van der Waals surface area (Å²) < 4.78 is 5.39. The van der Waals surface area contributed by atoms with Gasteiger partial charge in [-0.2, -0.15) is 0 Å². The van der Waals surface area contributed by atoms with E-state index in [9.17, 15) is 4.79 Å². The van der Waals surface area contributed by atoms with Gasteiger partial charge < -0.3 is 10.1 Å². The molecule has 2 aromatic rings. The minimum atomic E-state index is -0.526. The monoisotopic (exact) mass is 335 g/mol. The van der Waals surface area contributed by atoms with Gasteiger partial charge in [-0.15, -0.1) is 0 Å². The third-order valence-electron chi connectivity index (χ3n) is 3.93.